The lowest BCUT2D eigenvalue weighted by Crippen LogP contribution is -2.31. The van der Waals surface area contributed by atoms with Crippen molar-refractivity contribution in [2.75, 3.05) is 4.72 Å². The van der Waals surface area contributed by atoms with Gasteiger partial charge in [-0.3, -0.25) is 4.72 Å². The van der Waals surface area contributed by atoms with E-state index in [1.165, 1.54) is 0 Å². The van der Waals surface area contributed by atoms with E-state index in [0.717, 1.165) is 6.07 Å². The monoisotopic (exact) mass is 324 g/mol. The van der Waals surface area contributed by atoms with Crippen LogP contribution in [0.3, 0.4) is 0 Å². The number of carboxylic acids is 1. The van der Waals surface area contributed by atoms with E-state index in [0.29, 0.717) is 25.0 Å². The highest BCUT2D eigenvalue weighted by Gasteiger charge is 2.32. The van der Waals surface area contributed by atoms with E-state index in [-0.39, 0.29) is 6.04 Å². The van der Waals surface area contributed by atoms with Crippen molar-refractivity contribution in [3.63, 3.8) is 0 Å². The minimum atomic E-state index is -4.78. The Hall–Kier alpha value is -1.81. The number of halogens is 3. The number of carboxylic acid groups (broad SMARTS) is 1. The van der Waals surface area contributed by atoms with Crippen LogP contribution in [0.5, 0.6) is 0 Å². The quantitative estimate of drug-likeness (QED) is 0.770. The highest BCUT2D eigenvalue weighted by Crippen LogP contribution is 2.32. The average molecular weight is 324 g/mol. The lowest BCUT2D eigenvalue weighted by atomic mass is 10.1. The number of carbonyl (C=O) groups is 1. The molecule has 0 atom stereocenters. The molecule has 0 spiro atoms. The number of anilines is 1. The predicted octanol–water partition coefficient (Wildman–Crippen LogP) is 1.81. The second kappa shape index (κ2) is 5.19. The van der Waals surface area contributed by atoms with Gasteiger partial charge in [-0.05, 0) is 31.0 Å². The molecule has 1 saturated carbocycles. The molecule has 0 aromatic heterocycles. The van der Waals surface area contributed by atoms with Gasteiger partial charge in [0.25, 0.3) is 10.2 Å². The minimum Gasteiger partial charge on any atom is -0.478 e. The van der Waals surface area contributed by atoms with Crippen LogP contribution in [-0.2, 0) is 16.4 Å². The van der Waals surface area contributed by atoms with Gasteiger partial charge in [-0.25, -0.2) is 4.79 Å². The SMILES string of the molecule is O=C(O)c1cc(NS(=O)(=O)NC2CC2)cc(C(F)(F)F)c1. The highest BCUT2D eigenvalue weighted by molar-refractivity contribution is 7.90. The van der Waals surface area contributed by atoms with Gasteiger partial charge in [-0.15, -0.1) is 0 Å². The fraction of sp³-hybridized carbons (Fsp3) is 0.364. The molecule has 2 rings (SSSR count). The van der Waals surface area contributed by atoms with Gasteiger partial charge in [0.05, 0.1) is 16.8 Å². The number of rotatable bonds is 5. The van der Waals surface area contributed by atoms with Crippen LogP contribution in [0.15, 0.2) is 18.2 Å². The van der Waals surface area contributed by atoms with E-state index in [1.54, 1.807) is 0 Å². The Morgan fingerprint density at radius 1 is 1.24 bits per heavy atom. The molecule has 1 fully saturated rings. The molecule has 10 heteroatoms. The maximum absolute atomic E-state index is 12.7. The highest BCUT2D eigenvalue weighted by atomic mass is 32.2. The zero-order chi connectivity index (χ0) is 15.8. The molecule has 1 aromatic carbocycles. The molecule has 21 heavy (non-hydrogen) atoms. The molecule has 0 unspecified atom stereocenters. The molecular weight excluding hydrogens is 313 g/mol. The summed E-state index contributed by atoms with van der Waals surface area (Å²) in [5, 5.41) is 8.79. The Kier molecular flexibility index (Phi) is 3.85. The Morgan fingerprint density at radius 3 is 2.33 bits per heavy atom. The van der Waals surface area contributed by atoms with Gasteiger partial charge in [0.15, 0.2) is 0 Å². The van der Waals surface area contributed by atoms with Crippen molar-refractivity contribution in [1.82, 2.24) is 4.72 Å². The third-order valence-corrected chi connectivity index (χ3v) is 3.81. The summed E-state index contributed by atoms with van der Waals surface area (Å²) in [7, 11) is -4.04. The largest absolute Gasteiger partial charge is 0.478 e. The normalized spacial score (nSPS) is 15.8. The van der Waals surface area contributed by atoms with Gasteiger partial charge in [0.2, 0.25) is 0 Å². The average Bonchev–Trinajstić information content (AvgIpc) is 3.09. The molecular formula is C11H11F3N2O4S. The molecule has 0 saturated heterocycles. The van der Waals surface area contributed by atoms with Crippen molar-refractivity contribution in [1.29, 1.82) is 0 Å². The van der Waals surface area contributed by atoms with Crippen molar-refractivity contribution in [2.24, 2.45) is 0 Å². The fourth-order valence-electron chi connectivity index (χ4n) is 1.58. The first-order valence-electron chi connectivity index (χ1n) is 5.82. The van der Waals surface area contributed by atoms with Crippen molar-refractivity contribution in [3.8, 4) is 0 Å². The first-order valence-corrected chi connectivity index (χ1v) is 7.31. The predicted molar refractivity (Wildman–Crippen MR) is 67.1 cm³/mol. The van der Waals surface area contributed by atoms with Gasteiger partial charge < -0.3 is 5.11 Å². The van der Waals surface area contributed by atoms with Crippen LogP contribution in [0.1, 0.15) is 28.8 Å². The number of benzene rings is 1. The van der Waals surface area contributed by atoms with E-state index in [9.17, 15) is 26.4 Å². The molecule has 0 aliphatic heterocycles. The molecule has 0 amide bonds. The number of hydrogen-bond acceptors (Lipinski definition) is 3. The van der Waals surface area contributed by atoms with Crippen molar-refractivity contribution >= 4 is 21.9 Å². The molecule has 116 valence electrons. The summed E-state index contributed by atoms with van der Waals surface area (Å²) in [6, 6.07) is 1.57. The fourth-order valence-corrected chi connectivity index (χ4v) is 2.74. The number of alkyl halides is 3. The lowest BCUT2D eigenvalue weighted by molar-refractivity contribution is -0.137. The second-order valence-corrected chi connectivity index (χ2v) is 6.05. The molecule has 1 aromatic rings. The maximum atomic E-state index is 12.7. The van der Waals surface area contributed by atoms with Gasteiger partial charge in [-0.2, -0.15) is 26.3 Å². The third-order valence-electron chi connectivity index (χ3n) is 2.66. The van der Waals surface area contributed by atoms with Crippen molar-refractivity contribution < 1.29 is 31.5 Å². The van der Waals surface area contributed by atoms with E-state index in [2.05, 4.69) is 4.72 Å². The molecule has 3 N–H and O–H groups in total. The summed E-state index contributed by atoms with van der Waals surface area (Å²) in [6.45, 7) is 0. The Morgan fingerprint density at radius 2 is 1.86 bits per heavy atom. The van der Waals surface area contributed by atoms with Crippen LogP contribution < -0.4 is 9.44 Å². The smallest absolute Gasteiger partial charge is 0.416 e. The molecule has 0 heterocycles. The van der Waals surface area contributed by atoms with E-state index in [4.69, 9.17) is 5.11 Å². The van der Waals surface area contributed by atoms with Gasteiger partial charge in [-0.1, -0.05) is 0 Å². The van der Waals surface area contributed by atoms with Crippen LogP contribution in [0.4, 0.5) is 18.9 Å². The van der Waals surface area contributed by atoms with E-state index < -0.39 is 39.2 Å². The second-order valence-electron chi connectivity index (χ2n) is 4.60. The van der Waals surface area contributed by atoms with E-state index in [1.807, 2.05) is 4.72 Å². The first kappa shape index (κ1) is 15.6. The third kappa shape index (κ3) is 4.33. The molecule has 1 aliphatic rings. The number of hydrogen-bond donors (Lipinski definition) is 3. The standard InChI is InChI=1S/C11H11F3N2O4S/c12-11(13,14)7-3-6(10(17)18)4-9(5-7)16-21(19,20)15-8-1-2-8/h3-5,8,15-16H,1-2H2,(H,17,18). The topological polar surface area (TPSA) is 95.5 Å². The zero-order valence-corrected chi connectivity index (χ0v) is 11.3. The summed E-state index contributed by atoms with van der Waals surface area (Å²) in [6.07, 6.45) is -3.47. The summed E-state index contributed by atoms with van der Waals surface area (Å²) in [4.78, 5) is 10.8. The Bertz CT molecular complexity index is 669. The van der Waals surface area contributed by atoms with Crippen LogP contribution >= 0.6 is 0 Å². The molecule has 6 nitrogen and oxygen atoms in total. The summed E-state index contributed by atoms with van der Waals surface area (Å²) in [5.41, 5.74) is -2.36. The maximum Gasteiger partial charge on any atom is 0.416 e. The zero-order valence-electron chi connectivity index (χ0n) is 10.4. The van der Waals surface area contributed by atoms with Crippen LogP contribution in [0.2, 0.25) is 0 Å². The number of aromatic carboxylic acids is 1. The van der Waals surface area contributed by atoms with Gasteiger partial charge in [0, 0.05) is 6.04 Å². The van der Waals surface area contributed by atoms with Crippen LogP contribution in [0, 0.1) is 0 Å². The van der Waals surface area contributed by atoms with Crippen molar-refractivity contribution in [2.45, 2.75) is 25.1 Å². The Labute approximate surface area is 118 Å². The molecule has 0 bridgehead atoms. The van der Waals surface area contributed by atoms with E-state index >= 15 is 0 Å². The Balaban J connectivity index is 2.33. The number of nitrogens with one attached hydrogen (secondary N) is 2. The molecule has 1 aliphatic carbocycles. The lowest BCUT2D eigenvalue weighted by Gasteiger charge is -2.13. The molecule has 0 radical (unpaired) electrons. The minimum absolute atomic E-state index is 0.229. The summed E-state index contributed by atoms with van der Waals surface area (Å²) < 4.78 is 65.4. The van der Waals surface area contributed by atoms with Crippen LogP contribution in [-0.4, -0.2) is 25.5 Å². The summed E-state index contributed by atoms with van der Waals surface area (Å²) in [5.74, 6) is -1.59. The van der Waals surface area contributed by atoms with Crippen LogP contribution in [0.25, 0.3) is 0 Å². The first-order chi connectivity index (χ1) is 9.57. The van der Waals surface area contributed by atoms with Crippen molar-refractivity contribution in [3.05, 3.63) is 29.3 Å². The van der Waals surface area contributed by atoms with Gasteiger partial charge >= 0.3 is 12.1 Å². The van der Waals surface area contributed by atoms with Gasteiger partial charge in [0.1, 0.15) is 0 Å². The summed E-state index contributed by atoms with van der Waals surface area (Å²) >= 11 is 0.